The van der Waals surface area contributed by atoms with Crippen molar-refractivity contribution in [2.24, 2.45) is 5.92 Å². The first-order valence-corrected chi connectivity index (χ1v) is 7.70. The van der Waals surface area contributed by atoms with Crippen LogP contribution in [0.2, 0.25) is 0 Å². The Morgan fingerprint density at radius 3 is 2.47 bits per heavy atom. The van der Waals surface area contributed by atoms with Gasteiger partial charge in [-0.25, -0.2) is 0 Å². The van der Waals surface area contributed by atoms with Gasteiger partial charge in [-0.15, -0.1) is 0 Å². The van der Waals surface area contributed by atoms with E-state index in [9.17, 15) is 13.2 Å². The molecule has 0 spiro atoms. The third kappa shape index (κ3) is 5.53. The van der Waals surface area contributed by atoms with Gasteiger partial charge in [-0.05, 0) is 19.3 Å². The van der Waals surface area contributed by atoms with Gasteiger partial charge in [0.1, 0.15) is 0 Å². The lowest BCUT2D eigenvalue weighted by Crippen LogP contribution is -2.09. The van der Waals surface area contributed by atoms with Crippen molar-refractivity contribution in [1.82, 2.24) is 0 Å². The van der Waals surface area contributed by atoms with Gasteiger partial charge in [0, 0.05) is 11.7 Å². The third-order valence-electron chi connectivity index (χ3n) is 2.48. The Kier molecular flexibility index (Phi) is 5.08. The Morgan fingerprint density at radius 1 is 1.33 bits per heavy atom. The number of carbonyl (C=O) groups is 1. The van der Waals surface area contributed by atoms with Crippen LogP contribution in [-0.4, -0.2) is 29.6 Å². The molecule has 0 aromatic heterocycles. The predicted octanol–water partition coefficient (Wildman–Crippen LogP) is 1.71. The maximum absolute atomic E-state index is 11.5. The Balaban J connectivity index is 2.12. The molecule has 4 nitrogen and oxygen atoms in total. The van der Waals surface area contributed by atoms with E-state index < -0.39 is 10.1 Å². The molecule has 0 radical (unpaired) electrons. The van der Waals surface area contributed by atoms with Gasteiger partial charge in [-0.3, -0.25) is 9.35 Å². The summed E-state index contributed by atoms with van der Waals surface area (Å²) in [6.07, 6.45) is 4.54. The topological polar surface area (TPSA) is 71.4 Å². The number of thioether (sulfide) groups is 1. The summed E-state index contributed by atoms with van der Waals surface area (Å²) < 4.78 is 29.3. The van der Waals surface area contributed by atoms with Crippen LogP contribution in [0.4, 0.5) is 0 Å². The molecule has 0 amide bonds. The van der Waals surface area contributed by atoms with Crippen molar-refractivity contribution in [1.29, 1.82) is 0 Å². The Morgan fingerprint density at radius 2 is 1.93 bits per heavy atom. The van der Waals surface area contributed by atoms with Gasteiger partial charge in [0.15, 0.2) is 5.12 Å². The molecule has 0 aliphatic heterocycles. The average Bonchev–Trinajstić information content (AvgIpc) is 2.63. The monoisotopic (exact) mass is 252 g/mol. The number of rotatable bonds is 5. The van der Waals surface area contributed by atoms with E-state index in [1.165, 1.54) is 11.8 Å². The maximum Gasteiger partial charge on any atom is 0.264 e. The number of carbonyl (C=O) groups excluding carboxylic acids is 1. The molecule has 0 unspecified atom stereocenters. The zero-order valence-electron chi connectivity index (χ0n) is 8.52. The minimum atomic E-state index is -3.87. The van der Waals surface area contributed by atoms with Gasteiger partial charge < -0.3 is 0 Å². The summed E-state index contributed by atoms with van der Waals surface area (Å²) >= 11 is 1.20. The highest BCUT2D eigenvalue weighted by molar-refractivity contribution is 8.13. The van der Waals surface area contributed by atoms with Crippen LogP contribution in [0, 0.1) is 5.92 Å². The molecule has 15 heavy (non-hydrogen) atoms. The van der Waals surface area contributed by atoms with Crippen molar-refractivity contribution in [2.45, 2.75) is 32.1 Å². The van der Waals surface area contributed by atoms with Crippen LogP contribution in [0.5, 0.6) is 0 Å². The first-order valence-electron chi connectivity index (χ1n) is 5.11. The standard InChI is InChI=1S/C9H16O4S2/c10-9(8-4-1-2-5-8)14-6-3-7-15(11,12)13/h8H,1-7H2,(H,11,12,13). The summed E-state index contributed by atoms with van der Waals surface area (Å²) in [6.45, 7) is 0. The molecular formula is C9H16O4S2. The van der Waals surface area contributed by atoms with Crippen molar-refractivity contribution in [3.8, 4) is 0 Å². The third-order valence-corrected chi connectivity index (χ3v) is 4.39. The van der Waals surface area contributed by atoms with E-state index in [1.54, 1.807) is 0 Å². The molecule has 1 aliphatic carbocycles. The summed E-state index contributed by atoms with van der Waals surface area (Å²) in [5, 5.41) is 0.183. The molecule has 1 saturated carbocycles. The smallest absolute Gasteiger partial charge is 0.264 e. The van der Waals surface area contributed by atoms with Gasteiger partial charge in [0.2, 0.25) is 0 Å². The van der Waals surface area contributed by atoms with E-state index in [-0.39, 0.29) is 16.8 Å². The van der Waals surface area contributed by atoms with Crippen LogP contribution >= 0.6 is 11.8 Å². The lowest BCUT2D eigenvalue weighted by atomic mass is 10.1. The molecule has 0 atom stereocenters. The summed E-state index contributed by atoms with van der Waals surface area (Å²) in [5.74, 6) is 0.410. The first-order chi connectivity index (χ1) is 6.99. The molecule has 88 valence electrons. The molecule has 6 heteroatoms. The first kappa shape index (κ1) is 13.0. The molecule has 1 fully saturated rings. The highest BCUT2D eigenvalue weighted by Gasteiger charge is 2.22. The average molecular weight is 252 g/mol. The SMILES string of the molecule is O=C(SCCCS(=O)(=O)O)C1CCCC1. The van der Waals surface area contributed by atoms with Crippen LogP contribution in [-0.2, 0) is 14.9 Å². The van der Waals surface area contributed by atoms with E-state index >= 15 is 0 Å². The Hall–Kier alpha value is -0.0700. The van der Waals surface area contributed by atoms with Crippen molar-refractivity contribution < 1.29 is 17.8 Å². The predicted molar refractivity (Wildman–Crippen MR) is 60.5 cm³/mol. The molecule has 0 aromatic rings. The highest BCUT2D eigenvalue weighted by Crippen LogP contribution is 2.29. The zero-order chi connectivity index (χ0) is 11.3. The van der Waals surface area contributed by atoms with Crippen LogP contribution in [0.1, 0.15) is 32.1 Å². The van der Waals surface area contributed by atoms with E-state index in [0.29, 0.717) is 12.2 Å². The molecule has 1 N–H and O–H groups in total. The molecule has 1 aliphatic rings. The zero-order valence-corrected chi connectivity index (χ0v) is 10.1. The highest BCUT2D eigenvalue weighted by atomic mass is 32.2. The fourth-order valence-corrected chi connectivity index (χ4v) is 3.35. The van der Waals surface area contributed by atoms with E-state index in [0.717, 1.165) is 25.7 Å². The lowest BCUT2D eigenvalue weighted by Gasteiger charge is -2.06. The van der Waals surface area contributed by atoms with Crippen LogP contribution in [0.25, 0.3) is 0 Å². The van der Waals surface area contributed by atoms with Gasteiger partial charge in [0.25, 0.3) is 10.1 Å². The van der Waals surface area contributed by atoms with Crippen molar-refractivity contribution in [2.75, 3.05) is 11.5 Å². The van der Waals surface area contributed by atoms with Crippen molar-refractivity contribution >= 4 is 27.0 Å². The number of hydrogen-bond donors (Lipinski definition) is 1. The second kappa shape index (κ2) is 5.86. The largest absolute Gasteiger partial charge is 0.287 e. The van der Waals surface area contributed by atoms with E-state index in [2.05, 4.69) is 0 Å². The van der Waals surface area contributed by atoms with Gasteiger partial charge >= 0.3 is 0 Å². The maximum atomic E-state index is 11.5. The fourth-order valence-electron chi connectivity index (χ4n) is 1.69. The summed E-state index contributed by atoms with van der Waals surface area (Å²) in [6, 6.07) is 0. The molecule has 1 rings (SSSR count). The molecule has 0 heterocycles. The second-order valence-corrected chi connectivity index (χ2v) is 6.46. The summed E-state index contributed by atoms with van der Waals surface area (Å²) in [7, 11) is -3.87. The number of hydrogen-bond acceptors (Lipinski definition) is 4. The van der Waals surface area contributed by atoms with Crippen LogP contribution < -0.4 is 0 Å². The van der Waals surface area contributed by atoms with Crippen molar-refractivity contribution in [3.63, 3.8) is 0 Å². The van der Waals surface area contributed by atoms with Crippen LogP contribution in [0.15, 0.2) is 0 Å². The molecule has 0 saturated heterocycles. The normalized spacial score (nSPS) is 18.2. The molecule has 0 bridgehead atoms. The van der Waals surface area contributed by atoms with Gasteiger partial charge in [-0.1, -0.05) is 24.6 Å². The molecule has 0 aromatic carbocycles. The van der Waals surface area contributed by atoms with E-state index in [4.69, 9.17) is 4.55 Å². The summed E-state index contributed by atoms with van der Waals surface area (Å²) in [4.78, 5) is 11.5. The molecular weight excluding hydrogens is 236 g/mol. The van der Waals surface area contributed by atoms with Gasteiger partial charge in [0.05, 0.1) is 5.75 Å². The fraction of sp³-hybridized carbons (Fsp3) is 0.889. The van der Waals surface area contributed by atoms with Gasteiger partial charge in [-0.2, -0.15) is 8.42 Å². The Labute approximate surface area is 94.6 Å². The minimum absolute atomic E-state index is 0.181. The van der Waals surface area contributed by atoms with Crippen LogP contribution in [0.3, 0.4) is 0 Å². The van der Waals surface area contributed by atoms with Crippen molar-refractivity contribution in [3.05, 3.63) is 0 Å². The Bertz CT molecular complexity index is 304. The second-order valence-electron chi connectivity index (χ2n) is 3.79. The van der Waals surface area contributed by atoms with E-state index in [1.807, 2.05) is 0 Å². The lowest BCUT2D eigenvalue weighted by molar-refractivity contribution is -0.114. The summed E-state index contributed by atoms with van der Waals surface area (Å²) in [5.41, 5.74) is 0. The minimum Gasteiger partial charge on any atom is -0.287 e. The quantitative estimate of drug-likeness (QED) is 0.596.